The second kappa shape index (κ2) is 4.59. The van der Waals surface area contributed by atoms with Crippen LogP contribution in [0.3, 0.4) is 0 Å². The first kappa shape index (κ1) is 11.2. The molecule has 13 heavy (non-hydrogen) atoms. The van der Waals surface area contributed by atoms with Gasteiger partial charge in [-0.15, -0.1) is 11.8 Å². The first-order chi connectivity index (χ1) is 6.11. The van der Waals surface area contributed by atoms with Crippen LogP contribution in [0.5, 0.6) is 0 Å². The molecule has 1 heterocycles. The summed E-state index contributed by atoms with van der Waals surface area (Å²) in [5, 5.41) is 36.8. The molecule has 0 aromatic heterocycles. The lowest BCUT2D eigenvalue weighted by molar-refractivity contribution is -0.205. The summed E-state index contributed by atoms with van der Waals surface area (Å²) in [6.45, 7) is -0.373. The Hall–Kier alpha value is 0.150. The Labute approximate surface area is 80.3 Å². The van der Waals surface area contributed by atoms with E-state index in [0.717, 1.165) is 0 Å². The van der Waals surface area contributed by atoms with Crippen molar-refractivity contribution in [3.05, 3.63) is 0 Å². The van der Waals surface area contributed by atoms with Crippen molar-refractivity contribution in [3.8, 4) is 0 Å². The maximum atomic E-state index is 9.38. The minimum Gasteiger partial charge on any atom is -0.394 e. The van der Waals surface area contributed by atoms with Gasteiger partial charge in [0.25, 0.3) is 0 Å². The molecule has 1 saturated heterocycles. The smallest absolute Gasteiger partial charge is 0.132 e. The van der Waals surface area contributed by atoms with Crippen LogP contribution in [-0.2, 0) is 4.74 Å². The van der Waals surface area contributed by atoms with Crippen molar-refractivity contribution in [2.24, 2.45) is 0 Å². The number of ether oxygens (including phenoxy) is 1. The summed E-state index contributed by atoms with van der Waals surface area (Å²) in [7, 11) is 0. The second-order valence-corrected chi connectivity index (χ2v) is 3.87. The third-order valence-corrected chi connectivity index (χ3v) is 2.94. The van der Waals surface area contributed by atoms with Gasteiger partial charge in [-0.1, -0.05) is 0 Å². The van der Waals surface area contributed by atoms with Gasteiger partial charge in [0.15, 0.2) is 0 Å². The van der Waals surface area contributed by atoms with Gasteiger partial charge in [0.2, 0.25) is 0 Å². The highest BCUT2D eigenvalue weighted by atomic mass is 32.2. The lowest BCUT2D eigenvalue weighted by atomic mass is 10.0. The summed E-state index contributed by atoms with van der Waals surface area (Å²) in [5.74, 6) is 0. The van der Waals surface area contributed by atoms with Crippen LogP contribution in [-0.4, -0.2) is 63.1 Å². The van der Waals surface area contributed by atoms with E-state index in [9.17, 15) is 15.3 Å². The van der Waals surface area contributed by atoms with Crippen LogP contribution in [0.2, 0.25) is 0 Å². The molecule has 5 nitrogen and oxygen atoms in total. The molecule has 1 aliphatic heterocycles. The Morgan fingerprint density at radius 3 is 2.23 bits per heavy atom. The summed E-state index contributed by atoms with van der Waals surface area (Å²) < 4.78 is 5.13. The molecule has 78 valence electrons. The van der Waals surface area contributed by atoms with Crippen LogP contribution >= 0.6 is 11.8 Å². The number of aliphatic hydroxyl groups excluding tert-OH is 4. The molecule has 0 amide bonds. The fraction of sp³-hybridized carbons (Fsp3) is 1.00. The van der Waals surface area contributed by atoms with E-state index in [1.54, 1.807) is 6.26 Å². The molecule has 0 aliphatic carbocycles. The first-order valence-corrected chi connectivity index (χ1v) is 5.24. The highest BCUT2D eigenvalue weighted by Crippen LogP contribution is 2.26. The Balaban J connectivity index is 2.66. The van der Waals surface area contributed by atoms with Gasteiger partial charge in [0, 0.05) is 0 Å². The molecule has 0 aromatic rings. The molecule has 5 atom stereocenters. The SMILES string of the molecule is CSC1OC(CO)C(O)[C@H](O)[C@@H]1O. The molecule has 4 N–H and O–H groups in total. The predicted molar refractivity (Wildman–Crippen MR) is 47.3 cm³/mol. The fourth-order valence-electron chi connectivity index (χ4n) is 1.26. The summed E-state index contributed by atoms with van der Waals surface area (Å²) >= 11 is 1.22. The number of rotatable bonds is 2. The molecule has 0 radical (unpaired) electrons. The second-order valence-electron chi connectivity index (χ2n) is 2.93. The molecule has 1 aliphatic rings. The van der Waals surface area contributed by atoms with E-state index in [1.165, 1.54) is 11.8 Å². The normalized spacial score (nSPS) is 46.4. The van der Waals surface area contributed by atoms with Crippen LogP contribution in [0.4, 0.5) is 0 Å². The van der Waals surface area contributed by atoms with Crippen molar-refractivity contribution in [1.29, 1.82) is 0 Å². The fourth-order valence-corrected chi connectivity index (χ4v) is 1.96. The van der Waals surface area contributed by atoms with Crippen molar-refractivity contribution >= 4 is 11.8 Å². The van der Waals surface area contributed by atoms with Gasteiger partial charge < -0.3 is 25.2 Å². The van der Waals surface area contributed by atoms with Crippen molar-refractivity contribution in [2.75, 3.05) is 12.9 Å². The Bertz CT molecular complexity index is 147. The van der Waals surface area contributed by atoms with Crippen molar-refractivity contribution in [2.45, 2.75) is 29.9 Å². The van der Waals surface area contributed by atoms with Gasteiger partial charge in [0.1, 0.15) is 29.9 Å². The first-order valence-electron chi connectivity index (χ1n) is 3.95. The summed E-state index contributed by atoms with van der Waals surface area (Å²) in [4.78, 5) is 0. The average Bonchev–Trinajstić information content (AvgIpc) is 2.15. The van der Waals surface area contributed by atoms with Gasteiger partial charge in [-0.05, 0) is 6.26 Å². The molecule has 0 aromatic carbocycles. The van der Waals surface area contributed by atoms with E-state index in [4.69, 9.17) is 9.84 Å². The van der Waals surface area contributed by atoms with Gasteiger partial charge in [-0.2, -0.15) is 0 Å². The highest BCUT2D eigenvalue weighted by Gasteiger charge is 2.42. The third kappa shape index (κ3) is 2.15. The molecule has 3 unspecified atom stereocenters. The van der Waals surface area contributed by atoms with E-state index >= 15 is 0 Å². The highest BCUT2D eigenvalue weighted by molar-refractivity contribution is 7.99. The number of aliphatic hydroxyl groups is 4. The predicted octanol–water partition coefficient (Wildman–Crippen LogP) is -1.85. The zero-order chi connectivity index (χ0) is 10.0. The zero-order valence-corrected chi connectivity index (χ0v) is 8.02. The Morgan fingerprint density at radius 1 is 1.15 bits per heavy atom. The summed E-state index contributed by atoms with van der Waals surface area (Å²) in [5.41, 5.74) is -0.601. The van der Waals surface area contributed by atoms with Crippen molar-refractivity contribution in [3.63, 3.8) is 0 Å². The van der Waals surface area contributed by atoms with Crippen LogP contribution in [0.1, 0.15) is 0 Å². The zero-order valence-electron chi connectivity index (χ0n) is 7.20. The molecule has 1 fully saturated rings. The van der Waals surface area contributed by atoms with Gasteiger partial charge in [-0.25, -0.2) is 0 Å². The van der Waals surface area contributed by atoms with Crippen LogP contribution in [0.25, 0.3) is 0 Å². The molecule has 0 saturated carbocycles. The lowest BCUT2D eigenvalue weighted by Crippen LogP contribution is -2.57. The van der Waals surface area contributed by atoms with E-state index in [0.29, 0.717) is 0 Å². The molecule has 6 heteroatoms. The van der Waals surface area contributed by atoms with E-state index < -0.39 is 29.9 Å². The number of hydrogen-bond acceptors (Lipinski definition) is 6. The quantitative estimate of drug-likeness (QED) is 0.428. The molecular formula is C7H14O5S. The maximum Gasteiger partial charge on any atom is 0.132 e. The average molecular weight is 210 g/mol. The molecule has 0 spiro atoms. The minimum absolute atomic E-state index is 0.373. The minimum atomic E-state index is -1.26. The summed E-state index contributed by atoms with van der Waals surface area (Å²) in [6, 6.07) is 0. The third-order valence-electron chi connectivity index (χ3n) is 2.08. The molecular weight excluding hydrogens is 196 g/mol. The molecule has 0 bridgehead atoms. The number of thioether (sulfide) groups is 1. The van der Waals surface area contributed by atoms with Crippen LogP contribution in [0.15, 0.2) is 0 Å². The summed E-state index contributed by atoms with van der Waals surface area (Å²) in [6.07, 6.45) is -2.72. The van der Waals surface area contributed by atoms with Crippen LogP contribution in [0, 0.1) is 0 Å². The lowest BCUT2D eigenvalue weighted by Gasteiger charge is -2.39. The standard InChI is InChI=1S/C7H14O5S/c1-13-7-6(11)5(10)4(9)3(2-8)12-7/h3-11H,2H2,1H3/t3?,4?,5-,6-,7?/m0/s1. The Kier molecular flexibility index (Phi) is 3.96. The Morgan fingerprint density at radius 2 is 1.77 bits per heavy atom. The maximum absolute atomic E-state index is 9.38. The van der Waals surface area contributed by atoms with Crippen LogP contribution < -0.4 is 0 Å². The van der Waals surface area contributed by atoms with Gasteiger partial charge >= 0.3 is 0 Å². The molecule has 1 rings (SSSR count). The van der Waals surface area contributed by atoms with Crippen molar-refractivity contribution in [1.82, 2.24) is 0 Å². The van der Waals surface area contributed by atoms with Gasteiger partial charge in [0.05, 0.1) is 6.61 Å². The van der Waals surface area contributed by atoms with E-state index in [1.807, 2.05) is 0 Å². The largest absolute Gasteiger partial charge is 0.394 e. The monoisotopic (exact) mass is 210 g/mol. The van der Waals surface area contributed by atoms with Crippen molar-refractivity contribution < 1.29 is 25.2 Å². The topological polar surface area (TPSA) is 90.2 Å². The van der Waals surface area contributed by atoms with E-state index in [2.05, 4.69) is 0 Å². The number of hydrogen-bond donors (Lipinski definition) is 4. The van der Waals surface area contributed by atoms with E-state index in [-0.39, 0.29) is 6.61 Å². The van der Waals surface area contributed by atoms with Gasteiger partial charge in [-0.3, -0.25) is 0 Å².